The third kappa shape index (κ3) is 2.29. The van der Waals surface area contributed by atoms with Gasteiger partial charge in [0.15, 0.2) is 11.5 Å². The van der Waals surface area contributed by atoms with Gasteiger partial charge in [0.05, 0.1) is 0 Å². The maximum absolute atomic E-state index is 6.06. The van der Waals surface area contributed by atoms with E-state index in [-0.39, 0.29) is 0 Å². The van der Waals surface area contributed by atoms with E-state index in [4.69, 9.17) is 11.6 Å². The number of fused-ring (bicyclic) bond motifs is 1. The summed E-state index contributed by atoms with van der Waals surface area (Å²) in [5.74, 6) is 0.826. The van der Waals surface area contributed by atoms with E-state index in [0.717, 1.165) is 23.5 Å². The number of halogens is 1. The minimum absolute atomic E-state index is 0.643. The van der Waals surface area contributed by atoms with E-state index in [0.29, 0.717) is 5.15 Å². The molecule has 0 atom stereocenters. The van der Waals surface area contributed by atoms with Crippen molar-refractivity contribution < 1.29 is 0 Å². The fourth-order valence-electron chi connectivity index (χ4n) is 1.21. The van der Waals surface area contributed by atoms with E-state index >= 15 is 0 Å². The van der Waals surface area contributed by atoms with Gasteiger partial charge >= 0.3 is 0 Å². The molecule has 2 heterocycles. The fraction of sp³-hybridized carbons (Fsp3) is 0.455. The van der Waals surface area contributed by atoms with Gasteiger partial charge in [-0.3, -0.25) is 0 Å². The lowest BCUT2D eigenvalue weighted by molar-refractivity contribution is 0.882. The number of nitrogens with zero attached hydrogens (tertiary/aromatic N) is 3. The Kier molecular flexibility index (Phi) is 4.09. The minimum Gasteiger partial charge on any atom is -0.212 e. The molecule has 15 heavy (non-hydrogen) atoms. The summed E-state index contributed by atoms with van der Waals surface area (Å²) >= 11 is 6.06. The van der Waals surface area contributed by atoms with E-state index in [2.05, 4.69) is 10.1 Å². The largest absolute Gasteiger partial charge is 0.212 e. The van der Waals surface area contributed by atoms with Gasteiger partial charge in [-0.25, -0.2) is 9.50 Å². The first-order valence-corrected chi connectivity index (χ1v) is 5.61. The SMILES string of the molecule is CC.CCc1nc2ccc(C)c(Cl)n2n1. The van der Waals surface area contributed by atoms with Crippen LogP contribution in [0.5, 0.6) is 0 Å². The summed E-state index contributed by atoms with van der Waals surface area (Å²) in [5.41, 5.74) is 1.83. The van der Waals surface area contributed by atoms with E-state index in [1.165, 1.54) is 0 Å². The average Bonchev–Trinajstić information content (AvgIpc) is 2.70. The van der Waals surface area contributed by atoms with Crippen molar-refractivity contribution in [2.24, 2.45) is 0 Å². The summed E-state index contributed by atoms with van der Waals surface area (Å²) in [6.45, 7) is 7.98. The third-order valence-corrected chi connectivity index (χ3v) is 2.44. The van der Waals surface area contributed by atoms with Crippen LogP contribution in [0.3, 0.4) is 0 Å². The molecule has 0 fully saturated rings. The van der Waals surface area contributed by atoms with E-state index in [9.17, 15) is 0 Å². The second-order valence-corrected chi connectivity index (χ2v) is 3.32. The van der Waals surface area contributed by atoms with Crippen LogP contribution in [0.15, 0.2) is 12.1 Å². The lowest BCUT2D eigenvalue weighted by Gasteiger charge is -1.97. The van der Waals surface area contributed by atoms with Crippen molar-refractivity contribution in [1.29, 1.82) is 0 Å². The highest BCUT2D eigenvalue weighted by Gasteiger charge is 2.05. The van der Waals surface area contributed by atoms with Crippen molar-refractivity contribution in [2.75, 3.05) is 0 Å². The Bertz CT molecular complexity index is 448. The maximum Gasteiger partial charge on any atom is 0.157 e. The van der Waals surface area contributed by atoms with Crippen LogP contribution in [0, 0.1) is 6.92 Å². The molecule has 0 amide bonds. The maximum atomic E-state index is 6.06. The molecule has 0 saturated heterocycles. The molecule has 2 rings (SSSR count). The van der Waals surface area contributed by atoms with Gasteiger partial charge in [0.2, 0.25) is 0 Å². The molecule has 2 aromatic rings. The molecule has 0 aliphatic heterocycles. The predicted molar refractivity (Wildman–Crippen MR) is 63.5 cm³/mol. The standard InChI is InChI=1S/C9H10ClN3.C2H6/c1-3-7-11-8-5-4-6(2)9(10)13(8)12-7;1-2/h4-5H,3H2,1-2H3;1-2H3. The Morgan fingerprint density at radius 1 is 1.33 bits per heavy atom. The van der Waals surface area contributed by atoms with E-state index in [1.807, 2.05) is 39.8 Å². The Morgan fingerprint density at radius 2 is 2.00 bits per heavy atom. The molecule has 0 aromatic carbocycles. The molecule has 0 N–H and O–H groups in total. The van der Waals surface area contributed by atoms with Gasteiger partial charge in [-0.15, -0.1) is 5.10 Å². The van der Waals surface area contributed by atoms with E-state index in [1.54, 1.807) is 4.52 Å². The highest BCUT2D eigenvalue weighted by atomic mass is 35.5. The summed E-state index contributed by atoms with van der Waals surface area (Å²) in [6, 6.07) is 3.87. The highest BCUT2D eigenvalue weighted by molar-refractivity contribution is 6.30. The predicted octanol–water partition coefficient (Wildman–Crippen LogP) is 3.28. The summed E-state index contributed by atoms with van der Waals surface area (Å²) in [7, 11) is 0. The quantitative estimate of drug-likeness (QED) is 0.698. The Balaban J connectivity index is 0.000000531. The molecule has 0 unspecified atom stereocenters. The van der Waals surface area contributed by atoms with Crippen LogP contribution in [0.2, 0.25) is 5.15 Å². The van der Waals surface area contributed by atoms with Crippen molar-refractivity contribution in [3.63, 3.8) is 0 Å². The van der Waals surface area contributed by atoms with Crippen molar-refractivity contribution in [3.8, 4) is 0 Å². The molecule has 82 valence electrons. The zero-order valence-electron chi connectivity index (χ0n) is 9.58. The Morgan fingerprint density at radius 3 is 2.60 bits per heavy atom. The topological polar surface area (TPSA) is 30.2 Å². The second kappa shape index (κ2) is 5.12. The van der Waals surface area contributed by atoms with Crippen LogP contribution >= 0.6 is 11.6 Å². The number of hydrogen-bond acceptors (Lipinski definition) is 2. The zero-order chi connectivity index (χ0) is 11.4. The number of aryl methyl sites for hydroxylation is 2. The molecule has 0 bridgehead atoms. The number of pyridine rings is 1. The van der Waals surface area contributed by atoms with Gasteiger partial charge in [-0.2, -0.15) is 0 Å². The molecule has 3 nitrogen and oxygen atoms in total. The molecule has 0 radical (unpaired) electrons. The van der Waals surface area contributed by atoms with Crippen LogP contribution in [0.25, 0.3) is 5.65 Å². The first-order chi connectivity index (χ1) is 7.22. The minimum atomic E-state index is 0.643. The molecule has 0 saturated carbocycles. The summed E-state index contributed by atoms with van der Waals surface area (Å²) in [4.78, 5) is 4.30. The van der Waals surface area contributed by atoms with Crippen molar-refractivity contribution in [2.45, 2.75) is 34.1 Å². The lowest BCUT2D eigenvalue weighted by atomic mass is 10.3. The normalized spacial score (nSPS) is 9.93. The van der Waals surface area contributed by atoms with Crippen LogP contribution in [-0.4, -0.2) is 14.6 Å². The molecular weight excluding hydrogens is 210 g/mol. The molecule has 0 aliphatic rings. The van der Waals surface area contributed by atoms with Gasteiger partial charge in [0, 0.05) is 6.42 Å². The smallest absolute Gasteiger partial charge is 0.157 e. The van der Waals surface area contributed by atoms with Crippen molar-refractivity contribution in [3.05, 3.63) is 28.7 Å². The van der Waals surface area contributed by atoms with Crippen LogP contribution in [0.1, 0.15) is 32.2 Å². The van der Waals surface area contributed by atoms with Gasteiger partial charge < -0.3 is 0 Å². The van der Waals surface area contributed by atoms with Crippen molar-refractivity contribution >= 4 is 17.2 Å². The summed E-state index contributed by atoms with van der Waals surface area (Å²) in [6.07, 6.45) is 0.830. The Labute approximate surface area is 95.1 Å². The van der Waals surface area contributed by atoms with Crippen LogP contribution in [0.4, 0.5) is 0 Å². The number of aromatic nitrogens is 3. The second-order valence-electron chi connectivity index (χ2n) is 2.96. The molecular formula is C11H16ClN3. The average molecular weight is 226 g/mol. The molecule has 2 aromatic heterocycles. The van der Waals surface area contributed by atoms with Gasteiger partial charge in [-0.05, 0) is 18.6 Å². The monoisotopic (exact) mass is 225 g/mol. The molecule has 0 spiro atoms. The lowest BCUT2D eigenvalue weighted by Crippen LogP contribution is -1.92. The van der Waals surface area contributed by atoms with Gasteiger partial charge in [0.1, 0.15) is 5.15 Å². The Hall–Kier alpha value is -1.09. The first-order valence-electron chi connectivity index (χ1n) is 5.23. The fourth-order valence-corrected chi connectivity index (χ4v) is 1.39. The number of rotatable bonds is 1. The zero-order valence-corrected chi connectivity index (χ0v) is 10.3. The summed E-state index contributed by atoms with van der Waals surface area (Å²) < 4.78 is 1.68. The van der Waals surface area contributed by atoms with Gasteiger partial charge in [0.25, 0.3) is 0 Å². The first kappa shape index (κ1) is 12.0. The molecule has 4 heteroatoms. The summed E-state index contributed by atoms with van der Waals surface area (Å²) in [5, 5.41) is 4.91. The van der Waals surface area contributed by atoms with E-state index < -0.39 is 0 Å². The molecule has 0 aliphatic carbocycles. The van der Waals surface area contributed by atoms with Crippen LogP contribution in [-0.2, 0) is 6.42 Å². The van der Waals surface area contributed by atoms with Crippen LogP contribution < -0.4 is 0 Å². The van der Waals surface area contributed by atoms with Crippen molar-refractivity contribution in [1.82, 2.24) is 14.6 Å². The third-order valence-electron chi connectivity index (χ3n) is 1.99. The highest BCUT2D eigenvalue weighted by Crippen LogP contribution is 2.16. The van der Waals surface area contributed by atoms with Gasteiger partial charge in [-0.1, -0.05) is 38.4 Å². The number of hydrogen-bond donors (Lipinski definition) is 0.